The first-order chi connectivity index (χ1) is 8.50. The highest BCUT2D eigenvalue weighted by molar-refractivity contribution is 7.89. The molecule has 100 valence electrons. The predicted octanol–water partition coefficient (Wildman–Crippen LogP) is 1.32. The molecule has 0 bridgehead atoms. The van der Waals surface area contributed by atoms with Gasteiger partial charge in [0.1, 0.15) is 0 Å². The van der Waals surface area contributed by atoms with Crippen LogP contribution in [-0.4, -0.2) is 50.8 Å². The summed E-state index contributed by atoms with van der Waals surface area (Å²) < 4.78 is 26.5. The van der Waals surface area contributed by atoms with Crippen LogP contribution in [0.25, 0.3) is 0 Å². The molecule has 1 heterocycles. The van der Waals surface area contributed by atoms with Crippen molar-refractivity contribution in [3.05, 3.63) is 29.8 Å². The number of rotatable bonds is 2. The fourth-order valence-electron chi connectivity index (χ4n) is 2.12. The molecule has 1 aromatic rings. The number of aryl methyl sites for hydroxylation is 1. The maximum absolute atomic E-state index is 12.5. The summed E-state index contributed by atoms with van der Waals surface area (Å²) in [5.41, 5.74) is 1.07. The van der Waals surface area contributed by atoms with E-state index in [2.05, 4.69) is 4.90 Å². The molecule has 0 aliphatic carbocycles. The Kier molecular flexibility index (Phi) is 4.04. The highest BCUT2D eigenvalue weighted by Gasteiger charge is 2.25. The molecule has 0 radical (unpaired) electrons. The van der Waals surface area contributed by atoms with Crippen molar-refractivity contribution in [1.82, 2.24) is 9.21 Å². The molecule has 0 amide bonds. The number of sulfonamides is 1. The van der Waals surface area contributed by atoms with Crippen LogP contribution in [0.4, 0.5) is 0 Å². The summed E-state index contributed by atoms with van der Waals surface area (Å²) in [4.78, 5) is 2.57. The topological polar surface area (TPSA) is 40.6 Å². The molecule has 5 heteroatoms. The van der Waals surface area contributed by atoms with E-state index in [1.54, 1.807) is 16.4 Å². The first-order valence-electron chi connectivity index (χ1n) is 6.25. The van der Waals surface area contributed by atoms with Gasteiger partial charge < -0.3 is 4.90 Å². The Morgan fingerprint density at radius 2 is 1.67 bits per heavy atom. The molecule has 0 spiro atoms. The van der Waals surface area contributed by atoms with Gasteiger partial charge in [-0.25, -0.2) is 8.42 Å². The minimum absolute atomic E-state index is 0.401. The Morgan fingerprint density at radius 3 is 2.33 bits per heavy atom. The van der Waals surface area contributed by atoms with Crippen LogP contribution in [-0.2, 0) is 10.0 Å². The molecule has 0 N–H and O–H groups in total. The summed E-state index contributed by atoms with van der Waals surface area (Å²) in [6.45, 7) is 4.90. The first kappa shape index (κ1) is 13.5. The highest BCUT2D eigenvalue weighted by Crippen LogP contribution is 2.17. The lowest BCUT2D eigenvalue weighted by molar-refractivity contribution is 0.347. The molecule has 1 aliphatic rings. The van der Waals surface area contributed by atoms with Gasteiger partial charge in [-0.15, -0.1) is 0 Å². The van der Waals surface area contributed by atoms with E-state index in [1.165, 1.54) is 0 Å². The molecule has 0 unspecified atom stereocenters. The second-order valence-electron chi connectivity index (χ2n) is 4.87. The van der Waals surface area contributed by atoms with Crippen molar-refractivity contribution in [3.63, 3.8) is 0 Å². The average molecular weight is 268 g/mol. The zero-order chi connectivity index (χ0) is 13.2. The Balaban J connectivity index is 2.22. The SMILES string of the molecule is Cc1ccc(S(=O)(=O)N2CCCN(C)CC2)cc1. The summed E-state index contributed by atoms with van der Waals surface area (Å²) >= 11 is 0. The molecule has 18 heavy (non-hydrogen) atoms. The van der Waals surface area contributed by atoms with Gasteiger partial charge in [-0.2, -0.15) is 4.31 Å². The Labute approximate surface area is 109 Å². The number of nitrogens with zero attached hydrogens (tertiary/aromatic N) is 2. The van der Waals surface area contributed by atoms with Gasteiger partial charge in [-0.3, -0.25) is 0 Å². The van der Waals surface area contributed by atoms with Gasteiger partial charge in [-0.05, 0) is 39.1 Å². The largest absolute Gasteiger partial charge is 0.305 e. The van der Waals surface area contributed by atoms with Gasteiger partial charge in [-0.1, -0.05) is 17.7 Å². The van der Waals surface area contributed by atoms with Gasteiger partial charge in [0.2, 0.25) is 10.0 Å². The van der Waals surface area contributed by atoms with Gasteiger partial charge in [0.05, 0.1) is 4.90 Å². The monoisotopic (exact) mass is 268 g/mol. The lowest BCUT2D eigenvalue weighted by Crippen LogP contribution is -2.34. The van der Waals surface area contributed by atoms with E-state index in [0.29, 0.717) is 18.0 Å². The molecule has 4 nitrogen and oxygen atoms in total. The number of likely N-dealkylation sites (N-methyl/N-ethyl adjacent to an activating group) is 1. The summed E-state index contributed by atoms with van der Waals surface area (Å²) in [5, 5.41) is 0. The molecule has 2 rings (SSSR count). The minimum Gasteiger partial charge on any atom is -0.305 e. The normalized spacial score (nSPS) is 19.7. The van der Waals surface area contributed by atoms with Crippen LogP contribution in [0.1, 0.15) is 12.0 Å². The highest BCUT2D eigenvalue weighted by atomic mass is 32.2. The molecule has 1 aromatic carbocycles. The third kappa shape index (κ3) is 2.91. The van der Waals surface area contributed by atoms with E-state index in [-0.39, 0.29) is 0 Å². The van der Waals surface area contributed by atoms with Crippen molar-refractivity contribution in [2.45, 2.75) is 18.2 Å². The molecule has 1 aliphatic heterocycles. The van der Waals surface area contributed by atoms with Crippen molar-refractivity contribution >= 4 is 10.0 Å². The van der Waals surface area contributed by atoms with Crippen LogP contribution in [0.15, 0.2) is 29.2 Å². The van der Waals surface area contributed by atoms with Gasteiger partial charge in [0.15, 0.2) is 0 Å². The fraction of sp³-hybridized carbons (Fsp3) is 0.538. The van der Waals surface area contributed by atoms with Crippen LogP contribution >= 0.6 is 0 Å². The van der Waals surface area contributed by atoms with Crippen molar-refractivity contribution in [2.75, 3.05) is 33.2 Å². The molecular weight excluding hydrogens is 248 g/mol. The van der Waals surface area contributed by atoms with Crippen LogP contribution < -0.4 is 0 Å². The average Bonchev–Trinajstić information content (AvgIpc) is 2.55. The van der Waals surface area contributed by atoms with E-state index in [9.17, 15) is 8.42 Å². The number of hydrogen-bond acceptors (Lipinski definition) is 3. The minimum atomic E-state index is -3.32. The van der Waals surface area contributed by atoms with Gasteiger partial charge in [0, 0.05) is 19.6 Å². The Morgan fingerprint density at radius 1 is 1.00 bits per heavy atom. The van der Waals surface area contributed by atoms with Crippen LogP contribution in [0, 0.1) is 6.92 Å². The maximum Gasteiger partial charge on any atom is 0.243 e. The lowest BCUT2D eigenvalue weighted by atomic mass is 10.2. The maximum atomic E-state index is 12.5. The molecular formula is C13H20N2O2S. The van der Waals surface area contributed by atoms with E-state index in [1.807, 2.05) is 26.1 Å². The van der Waals surface area contributed by atoms with Gasteiger partial charge in [0.25, 0.3) is 0 Å². The smallest absolute Gasteiger partial charge is 0.243 e. The van der Waals surface area contributed by atoms with Crippen LogP contribution in [0.2, 0.25) is 0 Å². The van der Waals surface area contributed by atoms with Crippen LogP contribution in [0.5, 0.6) is 0 Å². The first-order valence-corrected chi connectivity index (χ1v) is 7.69. The van der Waals surface area contributed by atoms with Crippen molar-refractivity contribution in [1.29, 1.82) is 0 Å². The number of benzene rings is 1. The summed E-state index contributed by atoms with van der Waals surface area (Å²) in [6, 6.07) is 7.08. The fourth-order valence-corrected chi connectivity index (χ4v) is 3.59. The molecule has 0 aromatic heterocycles. The summed E-state index contributed by atoms with van der Waals surface area (Å²) in [6.07, 6.45) is 0.890. The zero-order valence-corrected chi connectivity index (χ0v) is 11.8. The molecule has 1 fully saturated rings. The van der Waals surface area contributed by atoms with E-state index >= 15 is 0 Å². The molecule has 1 saturated heterocycles. The summed E-state index contributed by atoms with van der Waals surface area (Å²) in [7, 11) is -1.29. The lowest BCUT2D eigenvalue weighted by Gasteiger charge is -2.20. The van der Waals surface area contributed by atoms with Crippen molar-refractivity contribution in [2.24, 2.45) is 0 Å². The number of hydrogen-bond donors (Lipinski definition) is 0. The predicted molar refractivity (Wildman–Crippen MR) is 72.1 cm³/mol. The standard InChI is InChI=1S/C13H20N2O2S/c1-12-4-6-13(7-5-12)18(16,17)15-9-3-8-14(2)10-11-15/h4-7H,3,8-11H2,1-2H3. The molecule has 0 atom stereocenters. The second-order valence-corrected chi connectivity index (χ2v) is 6.81. The zero-order valence-electron chi connectivity index (χ0n) is 11.0. The third-order valence-electron chi connectivity index (χ3n) is 3.34. The molecule has 0 saturated carbocycles. The Bertz CT molecular complexity index is 496. The quantitative estimate of drug-likeness (QED) is 0.812. The third-order valence-corrected chi connectivity index (χ3v) is 5.25. The summed E-state index contributed by atoms with van der Waals surface area (Å²) in [5.74, 6) is 0. The van der Waals surface area contributed by atoms with E-state index < -0.39 is 10.0 Å². The second kappa shape index (κ2) is 5.38. The van der Waals surface area contributed by atoms with E-state index in [0.717, 1.165) is 25.1 Å². The van der Waals surface area contributed by atoms with E-state index in [4.69, 9.17) is 0 Å². The van der Waals surface area contributed by atoms with Crippen molar-refractivity contribution in [3.8, 4) is 0 Å². The van der Waals surface area contributed by atoms with Gasteiger partial charge >= 0.3 is 0 Å². The van der Waals surface area contributed by atoms with Crippen LogP contribution in [0.3, 0.4) is 0 Å². The Hall–Kier alpha value is -0.910. The van der Waals surface area contributed by atoms with Crippen molar-refractivity contribution < 1.29 is 8.42 Å².